The van der Waals surface area contributed by atoms with Gasteiger partial charge in [0.05, 0.1) is 0 Å². The molecule has 0 aromatic heterocycles. The fraction of sp³-hybridized carbons (Fsp3) is 0.300. The predicted octanol–water partition coefficient (Wildman–Crippen LogP) is 1.03. The molecule has 0 radical (unpaired) electrons. The van der Waals surface area contributed by atoms with Crippen LogP contribution in [0.3, 0.4) is 0 Å². The minimum absolute atomic E-state index is 0.123. The minimum atomic E-state index is -0.801. The average Bonchev–Trinajstić information content (AvgIpc) is 2.06. The summed E-state index contributed by atoms with van der Waals surface area (Å²) in [5, 5.41) is 0. The Kier molecular flexibility index (Phi) is 3.48. The molecule has 0 aliphatic rings. The standard InChI is InChI=1S/C10H14N2O2/c1-7(11)6-8-2-4-9(5-3-8)14-10(12)13/h2-5,7H,6,11H2,1H3,(H2,12,13). The number of hydrogen-bond acceptors (Lipinski definition) is 3. The third kappa shape index (κ3) is 3.45. The molecular formula is C10H14N2O2. The van der Waals surface area contributed by atoms with Crippen LogP contribution in [0.15, 0.2) is 24.3 Å². The maximum absolute atomic E-state index is 10.4. The van der Waals surface area contributed by atoms with Gasteiger partial charge in [-0.3, -0.25) is 0 Å². The van der Waals surface area contributed by atoms with E-state index in [1.807, 2.05) is 19.1 Å². The number of benzene rings is 1. The number of amides is 1. The summed E-state index contributed by atoms with van der Waals surface area (Å²) in [5.41, 5.74) is 11.6. The number of ether oxygens (including phenoxy) is 1. The average molecular weight is 194 g/mol. The summed E-state index contributed by atoms with van der Waals surface area (Å²) in [7, 11) is 0. The van der Waals surface area contributed by atoms with E-state index in [9.17, 15) is 4.79 Å². The van der Waals surface area contributed by atoms with Gasteiger partial charge in [0, 0.05) is 6.04 Å². The molecule has 1 rings (SSSR count). The molecule has 0 saturated carbocycles. The maximum atomic E-state index is 10.4. The highest BCUT2D eigenvalue weighted by Crippen LogP contribution is 2.12. The van der Waals surface area contributed by atoms with Crippen molar-refractivity contribution in [2.75, 3.05) is 0 Å². The summed E-state index contributed by atoms with van der Waals surface area (Å²) in [6.45, 7) is 1.94. The molecule has 0 aliphatic heterocycles. The van der Waals surface area contributed by atoms with Gasteiger partial charge in [-0.2, -0.15) is 0 Å². The van der Waals surface area contributed by atoms with Crippen molar-refractivity contribution in [3.63, 3.8) is 0 Å². The van der Waals surface area contributed by atoms with E-state index in [1.54, 1.807) is 12.1 Å². The highest BCUT2D eigenvalue weighted by atomic mass is 16.5. The first-order valence-electron chi connectivity index (χ1n) is 4.39. The molecule has 1 unspecified atom stereocenters. The first-order valence-corrected chi connectivity index (χ1v) is 4.39. The molecule has 1 aromatic rings. The third-order valence-electron chi connectivity index (χ3n) is 1.70. The summed E-state index contributed by atoms with van der Waals surface area (Å²) < 4.78 is 4.68. The molecule has 1 aromatic carbocycles. The van der Waals surface area contributed by atoms with Crippen LogP contribution in [0.2, 0.25) is 0 Å². The summed E-state index contributed by atoms with van der Waals surface area (Å²) in [6, 6.07) is 7.24. The second-order valence-corrected chi connectivity index (χ2v) is 3.25. The van der Waals surface area contributed by atoms with Crippen LogP contribution < -0.4 is 16.2 Å². The van der Waals surface area contributed by atoms with Crippen LogP contribution in [0.5, 0.6) is 5.75 Å². The number of carbonyl (C=O) groups excluding carboxylic acids is 1. The van der Waals surface area contributed by atoms with Crippen molar-refractivity contribution in [3.8, 4) is 5.75 Å². The van der Waals surface area contributed by atoms with E-state index >= 15 is 0 Å². The number of hydrogen-bond donors (Lipinski definition) is 2. The van der Waals surface area contributed by atoms with Crippen molar-refractivity contribution in [3.05, 3.63) is 29.8 Å². The van der Waals surface area contributed by atoms with Crippen LogP contribution in [-0.2, 0) is 6.42 Å². The second-order valence-electron chi connectivity index (χ2n) is 3.25. The van der Waals surface area contributed by atoms with Crippen molar-refractivity contribution in [1.29, 1.82) is 0 Å². The Morgan fingerprint density at radius 2 is 2.00 bits per heavy atom. The molecule has 0 bridgehead atoms. The summed E-state index contributed by atoms with van der Waals surface area (Å²) >= 11 is 0. The minimum Gasteiger partial charge on any atom is -0.411 e. The SMILES string of the molecule is CC(N)Cc1ccc(OC(N)=O)cc1. The molecular weight excluding hydrogens is 180 g/mol. The van der Waals surface area contributed by atoms with Gasteiger partial charge < -0.3 is 16.2 Å². The Bertz CT molecular complexity index is 306. The highest BCUT2D eigenvalue weighted by Gasteiger charge is 2.00. The third-order valence-corrected chi connectivity index (χ3v) is 1.70. The zero-order valence-electron chi connectivity index (χ0n) is 8.07. The van der Waals surface area contributed by atoms with Gasteiger partial charge in [-0.25, -0.2) is 4.79 Å². The second kappa shape index (κ2) is 4.62. The fourth-order valence-corrected chi connectivity index (χ4v) is 1.18. The van der Waals surface area contributed by atoms with Gasteiger partial charge in [0.2, 0.25) is 0 Å². The molecule has 1 amide bonds. The van der Waals surface area contributed by atoms with Gasteiger partial charge in [0.15, 0.2) is 0 Å². The van der Waals surface area contributed by atoms with Crippen molar-refractivity contribution in [2.45, 2.75) is 19.4 Å². The quantitative estimate of drug-likeness (QED) is 0.754. The molecule has 0 fully saturated rings. The van der Waals surface area contributed by atoms with Gasteiger partial charge in [-0.05, 0) is 31.0 Å². The summed E-state index contributed by atoms with van der Waals surface area (Å²) in [5.74, 6) is 0.450. The maximum Gasteiger partial charge on any atom is 0.409 e. The normalized spacial score (nSPS) is 12.1. The number of primary amides is 1. The predicted molar refractivity (Wildman–Crippen MR) is 54.0 cm³/mol. The molecule has 0 saturated heterocycles. The molecule has 1 atom stereocenters. The van der Waals surface area contributed by atoms with Gasteiger partial charge in [0.25, 0.3) is 0 Å². The zero-order chi connectivity index (χ0) is 10.6. The van der Waals surface area contributed by atoms with Gasteiger partial charge in [0.1, 0.15) is 5.75 Å². The van der Waals surface area contributed by atoms with E-state index < -0.39 is 6.09 Å². The Hall–Kier alpha value is -1.55. The Labute approximate surface area is 82.8 Å². The summed E-state index contributed by atoms with van der Waals surface area (Å²) in [4.78, 5) is 10.4. The van der Waals surface area contributed by atoms with Gasteiger partial charge in [-0.15, -0.1) is 0 Å². The fourth-order valence-electron chi connectivity index (χ4n) is 1.18. The number of rotatable bonds is 3. The van der Waals surface area contributed by atoms with E-state index in [0.717, 1.165) is 12.0 Å². The molecule has 0 spiro atoms. The topological polar surface area (TPSA) is 78.3 Å². The molecule has 4 N–H and O–H groups in total. The number of carbonyl (C=O) groups is 1. The molecule has 0 heterocycles. The highest BCUT2D eigenvalue weighted by molar-refractivity contribution is 5.67. The monoisotopic (exact) mass is 194 g/mol. The van der Waals surface area contributed by atoms with E-state index in [-0.39, 0.29) is 6.04 Å². The first kappa shape index (κ1) is 10.5. The van der Waals surface area contributed by atoms with E-state index in [4.69, 9.17) is 11.5 Å². The van der Waals surface area contributed by atoms with Gasteiger partial charge in [-0.1, -0.05) is 12.1 Å². The smallest absolute Gasteiger partial charge is 0.409 e. The lowest BCUT2D eigenvalue weighted by atomic mass is 10.1. The van der Waals surface area contributed by atoms with Gasteiger partial charge >= 0.3 is 6.09 Å². The zero-order valence-corrected chi connectivity index (χ0v) is 8.07. The van der Waals surface area contributed by atoms with Crippen molar-refractivity contribution in [1.82, 2.24) is 0 Å². The molecule has 4 nitrogen and oxygen atoms in total. The van der Waals surface area contributed by atoms with Crippen LogP contribution in [0.25, 0.3) is 0 Å². The Balaban J connectivity index is 2.63. The first-order chi connectivity index (χ1) is 6.58. The van der Waals surface area contributed by atoms with Crippen molar-refractivity contribution in [2.24, 2.45) is 11.5 Å². The van der Waals surface area contributed by atoms with Crippen LogP contribution in [0, 0.1) is 0 Å². The molecule has 4 heteroatoms. The van der Waals surface area contributed by atoms with Crippen LogP contribution in [0.1, 0.15) is 12.5 Å². The molecule has 14 heavy (non-hydrogen) atoms. The van der Waals surface area contributed by atoms with Crippen LogP contribution in [0.4, 0.5) is 4.79 Å². The van der Waals surface area contributed by atoms with Crippen molar-refractivity contribution < 1.29 is 9.53 Å². The van der Waals surface area contributed by atoms with E-state index in [0.29, 0.717) is 5.75 Å². The lowest BCUT2D eigenvalue weighted by molar-refractivity contribution is 0.211. The van der Waals surface area contributed by atoms with Crippen molar-refractivity contribution >= 4 is 6.09 Å². The Morgan fingerprint density at radius 1 is 1.43 bits per heavy atom. The van der Waals surface area contributed by atoms with E-state index in [2.05, 4.69) is 4.74 Å². The van der Waals surface area contributed by atoms with Crippen LogP contribution >= 0.6 is 0 Å². The molecule has 0 aliphatic carbocycles. The molecule has 76 valence electrons. The van der Waals surface area contributed by atoms with E-state index in [1.165, 1.54) is 0 Å². The Morgan fingerprint density at radius 3 is 2.43 bits per heavy atom. The number of nitrogens with two attached hydrogens (primary N) is 2. The summed E-state index contributed by atoms with van der Waals surface area (Å²) in [6.07, 6.45) is 0.00145. The lowest BCUT2D eigenvalue weighted by Crippen LogP contribution is -2.18. The van der Waals surface area contributed by atoms with Crippen LogP contribution in [-0.4, -0.2) is 12.1 Å². The lowest BCUT2D eigenvalue weighted by Gasteiger charge is -2.05. The largest absolute Gasteiger partial charge is 0.411 e.